The van der Waals surface area contributed by atoms with Gasteiger partial charge in [-0.05, 0) is 6.42 Å². The zero-order chi connectivity index (χ0) is 11.1. The molecule has 88 valence electrons. The Morgan fingerprint density at radius 3 is 1.80 bits per heavy atom. The summed E-state index contributed by atoms with van der Waals surface area (Å²) in [6.07, 6.45) is 8.57. The minimum atomic E-state index is -0.863. The van der Waals surface area contributed by atoms with Crippen LogP contribution in [0.4, 0.5) is 9.18 Å². The topological polar surface area (TPSA) is 46.3 Å². The number of nitrogens with zero attached hydrogens (tertiary/aromatic N) is 1. The van der Waals surface area contributed by atoms with E-state index in [2.05, 4.69) is 0 Å². The van der Waals surface area contributed by atoms with Crippen LogP contribution in [0.5, 0.6) is 0 Å². The predicted octanol–water partition coefficient (Wildman–Crippen LogP) is 2.45. The maximum absolute atomic E-state index is 12.3. The van der Waals surface area contributed by atoms with Crippen molar-refractivity contribution in [1.29, 1.82) is 0 Å². The molecule has 2 rings (SSSR count). The van der Waals surface area contributed by atoms with Gasteiger partial charge in [-0.25, -0.2) is 9.18 Å². The van der Waals surface area contributed by atoms with Crippen molar-refractivity contribution in [2.45, 2.75) is 51.1 Å². The van der Waals surface area contributed by atoms with Crippen LogP contribution >= 0.6 is 0 Å². The summed E-state index contributed by atoms with van der Waals surface area (Å²) in [5.74, 6) is 0. The molecule has 2 amide bonds. The van der Waals surface area contributed by atoms with Crippen LogP contribution in [-0.2, 0) is 0 Å². The maximum atomic E-state index is 12.3. The fourth-order valence-electron chi connectivity index (χ4n) is 1.98. The van der Waals surface area contributed by atoms with E-state index in [0.29, 0.717) is 13.0 Å². The molecule has 1 saturated carbocycles. The van der Waals surface area contributed by atoms with Crippen LogP contribution in [0.1, 0.15) is 44.9 Å². The number of hydrogen-bond acceptors (Lipinski definition) is 1. The van der Waals surface area contributed by atoms with Gasteiger partial charge in [0.1, 0.15) is 6.17 Å². The summed E-state index contributed by atoms with van der Waals surface area (Å²) in [5, 5.41) is 0. The van der Waals surface area contributed by atoms with E-state index in [4.69, 9.17) is 5.73 Å². The van der Waals surface area contributed by atoms with Crippen molar-refractivity contribution in [2.24, 2.45) is 5.73 Å². The largest absolute Gasteiger partial charge is 0.351 e. The van der Waals surface area contributed by atoms with Crippen LogP contribution < -0.4 is 5.73 Å². The summed E-state index contributed by atoms with van der Waals surface area (Å²) in [7, 11) is 0. The summed E-state index contributed by atoms with van der Waals surface area (Å²) in [6.45, 7) is 0.645. The van der Waals surface area contributed by atoms with Crippen molar-refractivity contribution in [3.63, 3.8) is 0 Å². The maximum Gasteiger partial charge on any atom is 0.314 e. The molecular formula is C11H21FN2O. The van der Waals surface area contributed by atoms with Gasteiger partial charge >= 0.3 is 6.03 Å². The molecule has 1 saturated heterocycles. The molecule has 15 heavy (non-hydrogen) atoms. The first kappa shape index (κ1) is 12.3. The molecule has 0 aromatic carbocycles. The van der Waals surface area contributed by atoms with Gasteiger partial charge in [-0.15, -0.1) is 0 Å². The molecule has 2 N–H and O–H groups in total. The molecule has 0 aromatic rings. The highest BCUT2D eigenvalue weighted by atomic mass is 19.1. The molecule has 1 aliphatic heterocycles. The number of likely N-dealkylation sites (tertiary alicyclic amines) is 1. The fraction of sp³-hybridized carbons (Fsp3) is 0.909. The van der Waals surface area contributed by atoms with Crippen molar-refractivity contribution in [3.8, 4) is 0 Å². The SMILES string of the molecule is C1CCCCC1.NC(=O)N1CCC(F)C1. The lowest BCUT2D eigenvalue weighted by Crippen LogP contribution is -2.33. The smallest absolute Gasteiger partial charge is 0.314 e. The molecule has 1 aliphatic carbocycles. The van der Waals surface area contributed by atoms with E-state index in [1.807, 2.05) is 0 Å². The van der Waals surface area contributed by atoms with Gasteiger partial charge < -0.3 is 10.6 Å². The first-order valence-corrected chi connectivity index (χ1v) is 5.88. The van der Waals surface area contributed by atoms with Crippen molar-refractivity contribution >= 4 is 6.03 Å². The number of rotatable bonds is 0. The summed E-state index contributed by atoms with van der Waals surface area (Å²) in [6, 6.07) is -0.518. The minimum Gasteiger partial charge on any atom is -0.351 e. The monoisotopic (exact) mass is 216 g/mol. The lowest BCUT2D eigenvalue weighted by Gasteiger charge is -2.09. The summed E-state index contributed by atoms with van der Waals surface area (Å²) in [5.41, 5.74) is 4.88. The van der Waals surface area contributed by atoms with E-state index < -0.39 is 12.2 Å². The van der Waals surface area contributed by atoms with Crippen LogP contribution in [0.15, 0.2) is 0 Å². The van der Waals surface area contributed by atoms with Crippen LogP contribution in [0.25, 0.3) is 0 Å². The number of alkyl halides is 1. The minimum absolute atomic E-state index is 0.176. The molecule has 2 aliphatic rings. The Morgan fingerprint density at radius 1 is 1.13 bits per heavy atom. The van der Waals surface area contributed by atoms with Crippen molar-refractivity contribution in [2.75, 3.05) is 13.1 Å². The highest BCUT2D eigenvalue weighted by Crippen LogP contribution is 2.15. The molecule has 0 aromatic heterocycles. The number of nitrogens with two attached hydrogens (primary N) is 1. The lowest BCUT2D eigenvalue weighted by molar-refractivity contribution is 0.214. The third kappa shape index (κ3) is 5.00. The van der Waals surface area contributed by atoms with E-state index in [-0.39, 0.29) is 6.54 Å². The van der Waals surface area contributed by atoms with Gasteiger partial charge in [0.2, 0.25) is 0 Å². The Balaban J connectivity index is 0.000000162. The van der Waals surface area contributed by atoms with Crippen LogP contribution in [0.2, 0.25) is 0 Å². The number of hydrogen-bond donors (Lipinski definition) is 1. The Labute approximate surface area is 90.8 Å². The molecule has 1 unspecified atom stereocenters. The predicted molar refractivity (Wildman–Crippen MR) is 58.4 cm³/mol. The lowest BCUT2D eigenvalue weighted by atomic mass is 10.0. The first-order valence-electron chi connectivity index (χ1n) is 5.88. The van der Waals surface area contributed by atoms with E-state index in [0.717, 1.165) is 0 Å². The molecule has 1 atom stereocenters. The Morgan fingerprint density at radius 2 is 1.60 bits per heavy atom. The molecule has 0 bridgehead atoms. The number of primary amides is 1. The van der Waals surface area contributed by atoms with Crippen LogP contribution in [0, 0.1) is 0 Å². The van der Waals surface area contributed by atoms with Gasteiger partial charge in [-0.2, -0.15) is 0 Å². The second-order valence-electron chi connectivity index (χ2n) is 4.29. The average Bonchev–Trinajstić information content (AvgIpc) is 2.69. The third-order valence-electron chi connectivity index (χ3n) is 2.94. The van der Waals surface area contributed by atoms with Crippen molar-refractivity contribution < 1.29 is 9.18 Å². The molecule has 0 spiro atoms. The summed E-state index contributed by atoms with van der Waals surface area (Å²) in [4.78, 5) is 11.6. The molecule has 4 heteroatoms. The standard InChI is InChI=1S/C6H12.C5H9FN2O/c1-2-4-6-5-3-1;6-4-1-2-8(3-4)5(7)9/h1-6H2;4H,1-3H2,(H2,7,9). The zero-order valence-electron chi connectivity index (χ0n) is 9.25. The quantitative estimate of drug-likeness (QED) is 0.664. The van der Waals surface area contributed by atoms with E-state index in [1.54, 1.807) is 0 Å². The van der Waals surface area contributed by atoms with E-state index >= 15 is 0 Å². The van der Waals surface area contributed by atoms with Crippen molar-refractivity contribution in [3.05, 3.63) is 0 Å². The van der Waals surface area contributed by atoms with Gasteiger partial charge in [0, 0.05) is 6.54 Å². The number of carbonyl (C=O) groups excluding carboxylic acids is 1. The van der Waals surface area contributed by atoms with Crippen LogP contribution in [-0.4, -0.2) is 30.2 Å². The Kier molecular flexibility index (Phi) is 5.43. The highest BCUT2D eigenvalue weighted by molar-refractivity contribution is 5.72. The van der Waals surface area contributed by atoms with Gasteiger partial charge in [0.25, 0.3) is 0 Å². The molecule has 1 heterocycles. The van der Waals surface area contributed by atoms with Crippen molar-refractivity contribution in [1.82, 2.24) is 4.90 Å². The Hall–Kier alpha value is -0.800. The molecule has 2 fully saturated rings. The fourth-order valence-corrected chi connectivity index (χ4v) is 1.98. The number of amides is 2. The van der Waals surface area contributed by atoms with Crippen LogP contribution in [0.3, 0.4) is 0 Å². The highest BCUT2D eigenvalue weighted by Gasteiger charge is 2.23. The van der Waals surface area contributed by atoms with Gasteiger partial charge in [0.15, 0.2) is 0 Å². The molecular weight excluding hydrogens is 195 g/mol. The van der Waals surface area contributed by atoms with E-state index in [1.165, 1.54) is 43.4 Å². The number of urea groups is 1. The summed E-state index contributed by atoms with van der Waals surface area (Å²) >= 11 is 0. The Bertz CT molecular complexity index is 184. The normalized spacial score (nSPS) is 25.7. The molecule has 3 nitrogen and oxygen atoms in total. The average molecular weight is 216 g/mol. The first-order chi connectivity index (χ1) is 7.20. The van der Waals surface area contributed by atoms with Gasteiger partial charge in [-0.1, -0.05) is 38.5 Å². The number of carbonyl (C=O) groups is 1. The second kappa shape index (κ2) is 6.64. The molecule has 0 radical (unpaired) electrons. The third-order valence-corrected chi connectivity index (χ3v) is 2.94. The van der Waals surface area contributed by atoms with Gasteiger partial charge in [-0.3, -0.25) is 0 Å². The zero-order valence-corrected chi connectivity index (χ0v) is 9.25. The van der Waals surface area contributed by atoms with Gasteiger partial charge in [0.05, 0.1) is 6.54 Å². The van der Waals surface area contributed by atoms with E-state index in [9.17, 15) is 9.18 Å². The second-order valence-corrected chi connectivity index (χ2v) is 4.29. The summed E-state index contributed by atoms with van der Waals surface area (Å²) < 4.78 is 12.3. The number of halogens is 1.